The molecule has 5 nitrogen and oxygen atoms in total. The molecule has 0 radical (unpaired) electrons. The molecule has 0 spiro atoms. The van der Waals surface area contributed by atoms with E-state index in [0.717, 1.165) is 52.1 Å². The summed E-state index contributed by atoms with van der Waals surface area (Å²) in [5, 5.41) is 10.9. The standard InChI is InChI=1S/C29H31F3N2O3S/c1-5-12-34-15-20(13-25(35)36)23-14-22(10-11-24(23)34)37-16-18(4)27-26(17(2)3)33-28(38-27)19-6-8-21(9-7-19)29(30,31)32/h6-11,14-15,17-18H,5,12-13,16H2,1-4H3,(H,35,36). The highest BCUT2D eigenvalue weighted by atomic mass is 32.1. The molecule has 1 unspecified atom stereocenters. The van der Waals surface area contributed by atoms with Crippen LogP contribution in [-0.2, 0) is 23.9 Å². The number of alkyl halides is 3. The number of aryl methyl sites for hydroxylation is 1. The quantitative estimate of drug-likeness (QED) is 0.219. The molecule has 202 valence electrons. The van der Waals surface area contributed by atoms with Crippen molar-refractivity contribution in [3.63, 3.8) is 0 Å². The third-order valence-electron chi connectivity index (χ3n) is 6.38. The van der Waals surface area contributed by atoms with Crippen LogP contribution in [0.3, 0.4) is 0 Å². The molecule has 1 N–H and O–H groups in total. The summed E-state index contributed by atoms with van der Waals surface area (Å²) in [5.41, 5.74) is 2.62. The van der Waals surface area contributed by atoms with E-state index in [1.54, 1.807) is 0 Å². The molecular weight excluding hydrogens is 513 g/mol. The molecule has 0 saturated heterocycles. The Hall–Kier alpha value is -3.33. The number of hydrogen-bond donors (Lipinski definition) is 1. The molecule has 0 amide bonds. The van der Waals surface area contributed by atoms with E-state index in [-0.39, 0.29) is 18.3 Å². The molecule has 2 aromatic heterocycles. The Bertz CT molecular complexity index is 1420. The number of carboxylic acid groups (broad SMARTS) is 1. The van der Waals surface area contributed by atoms with Gasteiger partial charge in [0.25, 0.3) is 0 Å². The van der Waals surface area contributed by atoms with E-state index in [2.05, 4.69) is 11.5 Å². The first kappa shape index (κ1) is 27.7. The largest absolute Gasteiger partial charge is 0.493 e. The van der Waals surface area contributed by atoms with Gasteiger partial charge in [-0.15, -0.1) is 11.3 Å². The highest BCUT2D eigenvalue weighted by Gasteiger charge is 2.30. The minimum Gasteiger partial charge on any atom is -0.493 e. The molecule has 0 aliphatic rings. The first-order chi connectivity index (χ1) is 18.0. The number of nitrogens with zero attached hydrogens (tertiary/aromatic N) is 2. The first-order valence-electron chi connectivity index (χ1n) is 12.6. The van der Waals surface area contributed by atoms with Crippen LogP contribution in [0.4, 0.5) is 13.2 Å². The van der Waals surface area contributed by atoms with Gasteiger partial charge in [-0.25, -0.2) is 4.98 Å². The maximum absolute atomic E-state index is 13.0. The van der Waals surface area contributed by atoms with Gasteiger partial charge in [-0.2, -0.15) is 13.2 Å². The molecule has 2 heterocycles. The lowest BCUT2D eigenvalue weighted by molar-refractivity contribution is -0.138. The number of rotatable bonds is 10. The van der Waals surface area contributed by atoms with Gasteiger partial charge in [-0.1, -0.05) is 39.8 Å². The first-order valence-corrected chi connectivity index (χ1v) is 13.4. The minimum absolute atomic E-state index is 0.00743. The summed E-state index contributed by atoms with van der Waals surface area (Å²) in [6, 6.07) is 10.9. The normalized spacial score (nSPS) is 12.8. The number of aromatic nitrogens is 2. The van der Waals surface area contributed by atoms with E-state index in [9.17, 15) is 23.1 Å². The molecule has 9 heteroatoms. The monoisotopic (exact) mass is 544 g/mol. The molecule has 1 atom stereocenters. The lowest BCUT2D eigenvalue weighted by Gasteiger charge is -2.15. The predicted molar refractivity (Wildman–Crippen MR) is 144 cm³/mol. The van der Waals surface area contributed by atoms with Crippen LogP contribution in [0.1, 0.15) is 67.6 Å². The van der Waals surface area contributed by atoms with Crippen molar-refractivity contribution in [2.75, 3.05) is 6.61 Å². The zero-order valence-corrected chi connectivity index (χ0v) is 22.6. The number of benzene rings is 2. The Kier molecular flexibility index (Phi) is 8.16. The van der Waals surface area contributed by atoms with E-state index < -0.39 is 17.7 Å². The average Bonchev–Trinajstić information content (AvgIpc) is 3.45. The lowest BCUT2D eigenvalue weighted by Crippen LogP contribution is -2.08. The number of fused-ring (bicyclic) bond motifs is 1. The highest BCUT2D eigenvalue weighted by Crippen LogP contribution is 2.38. The summed E-state index contributed by atoms with van der Waals surface area (Å²) < 4.78 is 47.2. The van der Waals surface area contributed by atoms with Crippen molar-refractivity contribution in [3.8, 4) is 16.3 Å². The molecule has 4 aromatic rings. The Morgan fingerprint density at radius 3 is 2.45 bits per heavy atom. The van der Waals surface area contributed by atoms with Crippen LogP contribution < -0.4 is 4.74 Å². The second-order valence-corrected chi connectivity index (χ2v) is 10.8. The molecule has 4 rings (SSSR count). The van der Waals surface area contributed by atoms with Gasteiger partial charge in [-0.05, 0) is 48.2 Å². The van der Waals surface area contributed by atoms with Crippen molar-refractivity contribution in [1.82, 2.24) is 9.55 Å². The Labute approximate surface area is 223 Å². The molecule has 2 aromatic carbocycles. The van der Waals surface area contributed by atoms with Gasteiger partial charge in [0.05, 0.1) is 24.3 Å². The molecule has 0 fully saturated rings. The number of hydrogen-bond acceptors (Lipinski definition) is 4. The zero-order valence-electron chi connectivity index (χ0n) is 21.8. The van der Waals surface area contributed by atoms with Crippen molar-refractivity contribution in [2.45, 2.75) is 65.1 Å². The summed E-state index contributed by atoms with van der Waals surface area (Å²) in [4.78, 5) is 17.2. The molecule has 38 heavy (non-hydrogen) atoms. The summed E-state index contributed by atoms with van der Waals surface area (Å²) in [5.74, 6) is -0.0910. The second-order valence-electron chi connectivity index (χ2n) is 9.81. The van der Waals surface area contributed by atoms with E-state index in [0.29, 0.717) is 22.9 Å². The molecule has 0 saturated carbocycles. The molecule has 0 aliphatic heterocycles. The van der Waals surface area contributed by atoms with Crippen LogP contribution in [0.25, 0.3) is 21.5 Å². The van der Waals surface area contributed by atoms with E-state index in [4.69, 9.17) is 9.72 Å². The average molecular weight is 545 g/mol. The van der Waals surface area contributed by atoms with Crippen LogP contribution in [0.15, 0.2) is 48.7 Å². The van der Waals surface area contributed by atoms with E-state index in [1.807, 2.05) is 45.2 Å². The van der Waals surface area contributed by atoms with Crippen LogP contribution in [0, 0.1) is 0 Å². The summed E-state index contributed by atoms with van der Waals surface area (Å²) in [7, 11) is 0. The van der Waals surface area contributed by atoms with Crippen LogP contribution >= 0.6 is 11.3 Å². The fourth-order valence-corrected chi connectivity index (χ4v) is 5.76. The van der Waals surface area contributed by atoms with Crippen molar-refractivity contribution < 1.29 is 27.8 Å². The van der Waals surface area contributed by atoms with Gasteiger partial charge in [-0.3, -0.25) is 4.79 Å². The number of halogens is 3. The molecule has 0 aliphatic carbocycles. The van der Waals surface area contributed by atoms with Gasteiger partial charge in [0.2, 0.25) is 0 Å². The summed E-state index contributed by atoms with van der Waals surface area (Å²) in [6.45, 7) is 9.39. The Morgan fingerprint density at radius 1 is 1.13 bits per heavy atom. The fraction of sp³-hybridized carbons (Fsp3) is 0.379. The molecule has 0 bridgehead atoms. The molecular formula is C29H31F3N2O3S. The van der Waals surface area contributed by atoms with Gasteiger partial charge in [0.15, 0.2) is 0 Å². The maximum Gasteiger partial charge on any atom is 0.416 e. The highest BCUT2D eigenvalue weighted by molar-refractivity contribution is 7.15. The number of ether oxygens (including phenoxy) is 1. The van der Waals surface area contributed by atoms with Crippen molar-refractivity contribution in [3.05, 3.63) is 70.4 Å². The number of aliphatic carboxylic acids is 1. The van der Waals surface area contributed by atoms with Crippen LogP contribution in [-0.4, -0.2) is 27.2 Å². The summed E-state index contributed by atoms with van der Waals surface area (Å²) in [6.07, 6.45) is -1.59. The van der Waals surface area contributed by atoms with Crippen molar-refractivity contribution in [1.29, 1.82) is 0 Å². The smallest absolute Gasteiger partial charge is 0.416 e. The lowest BCUT2D eigenvalue weighted by atomic mass is 10.0. The van der Waals surface area contributed by atoms with Gasteiger partial charge < -0.3 is 14.4 Å². The SMILES string of the molecule is CCCn1cc(CC(=O)O)c2cc(OCC(C)c3sc(-c4ccc(C(F)(F)F)cc4)nc3C(C)C)ccc21. The van der Waals surface area contributed by atoms with Crippen molar-refractivity contribution in [2.24, 2.45) is 0 Å². The van der Waals surface area contributed by atoms with Crippen LogP contribution in [0.2, 0.25) is 0 Å². The number of thiazole rings is 1. The Morgan fingerprint density at radius 2 is 1.84 bits per heavy atom. The van der Waals surface area contributed by atoms with E-state index in [1.165, 1.54) is 23.5 Å². The van der Waals surface area contributed by atoms with Crippen molar-refractivity contribution >= 4 is 28.2 Å². The topological polar surface area (TPSA) is 64.4 Å². The third-order valence-corrected chi connectivity index (χ3v) is 7.73. The number of carbonyl (C=O) groups is 1. The third kappa shape index (κ3) is 6.04. The minimum atomic E-state index is -4.38. The zero-order chi connectivity index (χ0) is 27.6. The summed E-state index contributed by atoms with van der Waals surface area (Å²) >= 11 is 1.48. The van der Waals surface area contributed by atoms with Gasteiger partial charge >= 0.3 is 12.1 Å². The fourth-order valence-electron chi connectivity index (χ4n) is 4.50. The van der Waals surface area contributed by atoms with Crippen LogP contribution in [0.5, 0.6) is 5.75 Å². The number of carboxylic acids is 1. The van der Waals surface area contributed by atoms with Gasteiger partial charge in [0, 0.05) is 40.0 Å². The van der Waals surface area contributed by atoms with E-state index >= 15 is 0 Å². The van der Waals surface area contributed by atoms with Gasteiger partial charge in [0.1, 0.15) is 10.8 Å². The second kappa shape index (κ2) is 11.2. The maximum atomic E-state index is 13.0. The predicted octanol–water partition coefficient (Wildman–Crippen LogP) is 8.13. The Balaban J connectivity index is 1.56.